The molecule has 15 heteroatoms. The molecule has 0 aromatic carbocycles. The Labute approximate surface area is 430 Å². The minimum Gasteiger partial charge on any atom is -0.462 e. The Hall–Kier alpha value is -3.58. The van der Waals surface area contributed by atoms with Gasteiger partial charge in [-0.25, -0.2) is 0 Å². The normalized spacial score (nSPS) is 25.8. The lowest BCUT2D eigenvalue weighted by atomic mass is 9.98. The van der Waals surface area contributed by atoms with Crippen molar-refractivity contribution in [1.29, 1.82) is 0 Å². The monoisotopic (exact) mass is 1020 g/mol. The van der Waals surface area contributed by atoms with E-state index in [-0.39, 0.29) is 19.4 Å². The van der Waals surface area contributed by atoms with Gasteiger partial charge < -0.3 is 64.2 Å². The van der Waals surface area contributed by atoms with Crippen LogP contribution in [0.15, 0.2) is 97.2 Å². The summed E-state index contributed by atoms with van der Waals surface area (Å²) in [6.07, 6.45) is 37.4. The van der Waals surface area contributed by atoms with Crippen LogP contribution < -0.4 is 0 Å². The average molecular weight is 1020 g/mol. The number of hydrogen-bond donors (Lipinski definition) is 7. The second kappa shape index (κ2) is 42.7. The zero-order valence-corrected chi connectivity index (χ0v) is 43.4. The van der Waals surface area contributed by atoms with Crippen LogP contribution in [0, 0.1) is 0 Å². The lowest BCUT2D eigenvalue weighted by Gasteiger charge is -2.42. The van der Waals surface area contributed by atoms with Crippen molar-refractivity contribution >= 4 is 11.9 Å². The first-order valence-corrected chi connectivity index (χ1v) is 26.8. The molecule has 2 fully saturated rings. The number of ether oxygens (including phenoxy) is 6. The van der Waals surface area contributed by atoms with Crippen LogP contribution in [0.2, 0.25) is 0 Å². The van der Waals surface area contributed by atoms with Crippen LogP contribution in [0.3, 0.4) is 0 Å². The van der Waals surface area contributed by atoms with E-state index in [4.69, 9.17) is 28.4 Å². The van der Waals surface area contributed by atoms with Gasteiger partial charge in [-0.3, -0.25) is 9.59 Å². The maximum absolute atomic E-state index is 13.0. The van der Waals surface area contributed by atoms with Gasteiger partial charge in [0, 0.05) is 12.8 Å². The molecule has 11 atom stereocenters. The van der Waals surface area contributed by atoms with Crippen LogP contribution >= 0.6 is 0 Å². The summed E-state index contributed by atoms with van der Waals surface area (Å²) >= 11 is 0. The Bertz CT molecular complexity index is 1620. The molecule has 0 aromatic rings. The van der Waals surface area contributed by atoms with Crippen LogP contribution in [0.4, 0.5) is 0 Å². The quantitative estimate of drug-likeness (QED) is 0.0174. The number of aliphatic hydroxyl groups is 7. The second-order valence-electron chi connectivity index (χ2n) is 18.3. The topological polar surface area (TPSA) is 231 Å². The Kier molecular flexibility index (Phi) is 38.3. The van der Waals surface area contributed by atoms with Crippen LogP contribution in [0.1, 0.15) is 155 Å². The molecule has 72 heavy (non-hydrogen) atoms. The number of unbranched alkanes of at least 4 members (excludes halogenated alkanes) is 10. The van der Waals surface area contributed by atoms with Gasteiger partial charge in [0.15, 0.2) is 18.7 Å². The van der Waals surface area contributed by atoms with E-state index in [1.807, 2.05) is 12.2 Å². The number of hydrogen-bond acceptors (Lipinski definition) is 15. The maximum atomic E-state index is 13.0. The number of carbonyl (C=O) groups excluding carboxylic acids is 2. The molecular weight excluding hydrogens is 925 g/mol. The minimum atomic E-state index is -1.78. The summed E-state index contributed by atoms with van der Waals surface area (Å²) in [7, 11) is 0. The number of carbonyl (C=O) groups is 2. The largest absolute Gasteiger partial charge is 0.462 e. The highest BCUT2D eigenvalue weighted by molar-refractivity contribution is 5.70. The first-order chi connectivity index (χ1) is 35.0. The fraction of sp³-hybridized carbons (Fsp3) is 0.684. The molecular formula is C57H92O15. The van der Waals surface area contributed by atoms with Gasteiger partial charge in [-0.1, -0.05) is 162 Å². The first kappa shape index (κ1) is 64.5. The van der Waals surface area contributed by atoms with Gasteiger partial charge in [-0.2, -0.15) is 0 Å². The molecule has 2 aliphatic heterocycles. The molecule has 11 unspecified atom stereocenters. The molecule has 7 N–H and O–H groups in total. The van der Waals surface area contributed by atoms with Crippen LogP contribution in [0.5, 0.6) is 0 Å². The zero-order chi connectivity index (χ0) is 52.4. The predicted octanol–water partition coefficient (Wildman–Crippen LogP) is 8.15. The van der Waals surface area contributed by atoms with Crippen molar-refractivity contribution in [2.45, 2.75) is 223 Å². The van der Waals surface area contributed by atoms with E-state index < -0.39 is 99.3 Å². The molecule has 410 valence electrons. The first-order valence-electron chi connectivity index (χ1n) is 26.8. The highest BCUT2D eigenvalue weighted by Crippen LogP contribution is 2.26. The summed E-state index contributed by atoms with van der Waals surface area (Å²) < 4.78 is 33.5. The van der Waals surface area contributed by atoms with Crippen molar-refractivity contribution in [3.63, 3.8) is 0 Å². The highest BCUT2D eigenvalue weighted by atomic mass is 16.7. The van der Waals surface area contributed by atoms with Gasteiger partial charge >= 0.3 is 11.9 Å². The van der Waals surface area contributed by atoms with Gasteiger partial charge in [0.05, 0.1) is 19.8 Å². The number of rotatable bonds is 40. The van der Waals surface area contributed by atoms with Crippen molar-refractivity contribution in [3.05, 3.63) is 97.2 Å². The molecule has 0 radical (unpaired) electrons. The van der Waals surface area contributed by atoms with Gasteiger partial charge in [-0.05, 0) is 77.0 Å². The second-order valence-corrected chi connectivity index (χ2v) is 18.3. The molecule has 0 aromatic heterocycles. The maximum Gasteiger partial charge on any atom is 0.306 e. The SMILES string of the molecule is CC/C=C\C/C=C\C/C=C\C/C=C\CCCCCCCCCCCCC(=O)OC(COC(=O)CC/C=C\C/C=C\C/C=C\C/C=C\CC)COC1OC(COC2OC(CO)C(O)C(O)C2O)C(O)C(O)C1O. The number of allylic oxidation sites excluding steroid dienone is 16. The molecule has 2 rings (SSSR count). The summed E-state index contributed by atoms with van der Waals surface area (Å²) in [6.45, 7) is 2.26. The molecule has 2 aliphatic rings. The molecule has 0 saturated carbocycles. The van der Waals surface area contributed by atoms with E-state index in [0.717, 1.165) is 83.5 Å². The Morgan fingerprint density at radius 2 is 0.861 bits per heavy atom. The fourth-order valence-electron chi connectivity index (χ4n) is 7.75. The van der Waals surface area contributed by atoms with Gasteiger partial charge in [0.2, 0.25) is 0 Å². The molecule has 0 amide bonds. The number of aliphatic hydroxyl groups excluding tert-OH is 7. The summed E-state index contributed by atoms with van der Waals surface area (Å²) in [5.74, 6) is -1.03. The molecule has 15 nitrogen and oxygen atoms in total. The van der Waals surface area contributed by atoms with E-state index in [9.17, 15) is 45.3 Å². The predicted molar refractivity (Wildman–Crippen MR) is 279 cm³/mol. The number of esters is 2. The van der Waals surface area contributed by atoms with Crippen LogP contribution in [0.25, 0.3) is 0 Å². The molecule has 0 bridgehead atoms. The summed E-state index contributed by atoms with van der Waals surface area (Å²) in [4.78, 5) is 25.8. The summed E-state index contributed by atoms with van der Waals surface area (Å²) in [6, 6.07) is 0. The summed E-state index contributed by atoms with van der Waals surface area (Å²) in [5, 5.41) is 72.1. The third-order valence-electron chi connectivity index (χ3n) is 12.1. The van der Waals surface area contributed by atoms with Crippen molar-refractivity contribution in [3.8, 4) is 0 Å². The average Bonchev–Trinajstić information content (AvgIpc) is 3.37. The Balaban J connectivity index is 1.78. The third-order valence-corrected chi connectivity index (χ3v) is 12.1. The standard InChI is InChI=1S/C57H92O15/c1-3-5-7-9-11-13-15-17-18-19-20-21-22-23-24-25-26-28-30-32-34-36-38-40-49(60)70-45(42-67-48(59)39-37-35-33-31-29-27-16-14-12-10-8-6-4-2)43-68-56-55(66)53(64)51(62)47(72-56)44-69-57-54(65)52(63)50(61)46(41-58)71-57/h5-8,11-14,17-18,20-21,27,29,33,35,45-47,50-58,61-66H,3-4,9-10,15-16,19,22-26,28,30-32,34,36-44H2,1-2H3/b7-5-,8-6-,13-11-,14-12-,18-17-,21-20-,29-27-,35-33-. The van der Waals surface area contributed by atoms with Crippen molar-refractivity contribution < 1.29 is 73.8 Å². The molecule has 2 saturated heterocycles. The fourth-order valence-corrected chi connectivity index (χ4v) is 7.75. The molecule has 0 aliphatic carbocycles. The Morgan fingerprint density at radius 1 is 0.444 bits per heavy atom. The molecule has 0 spiro atoms. The zero-order valence-electron chi connectivity index (χ0n) is 43.4. The van der Waals surface area contributed by atoms with Gasteiger partial charge in [0.1, 0.15) is 55.4 Å². The van der Waals surface area contributed by atoms with Crippen molar-refractivity contribution in [2.75, 3.05) is 26.4 Å². The van der Waals surface area contributed by atoms with Crippen molar-refractivity contribution in [2.24, 2.45) is 0 Å². The third kappa shape index (κ3) is 30.0. The minimum absolute atomic E-state index is 0.0904. The van der Waals surface area contributed by atoms with E-state index in [2.05, 4.69) is 98.9 Å². The van der Waals surface area contributed by atoms with E-state index in [0.29, 0.717) is 12.8 Å². The lowest BCUT2D eigenvalue weighted by Crippen LogP contribution is -2.61. The molecule has 2 heterocycles. The van der Waals surface area contributed by atoms with E-state index in [1.165, 1.54) is 32.1 Å². The lowest BCUT2D eigenvalue weighted by molar-refractivity contribution is -0.332. The van der Waals surface area contributed by atoms with E-state index in [1.54, 1.807) is 0 Å². The smallest absolute Gasteiger partial charge is 0.306 e. The summed E-state index contributed by atoms with van der Waals surface area (Å²) in [5.41, 5.74) is 0. The van der Waals surface area contributed by atoms with Crippen LogP contribution in [-0.4, -0.2) is 142 Å². The van der Waals surface area contributed by atoms with Crippen LogP contribution in [-0.2, 0) is 38.0 Å². The van der Waals surface area contributed by atoms with E-state index >= 15 is 0 Å². The van der Waals surface area contributed by atoms with Gasteiger partial charge in [0.25, 0.3) is 0 Å². The van der Waals surface area contributed by atoms with Crippen molar-refractivity contribution in [1.82, 2.24) is 0 Å². The van der Waals surface area contributed by atoms with Gasteiger partial charge in [-0.15, -0.1) is 0 Å². The highest BCUT2D eigenvalue weighted by Gasteiger charge is 2.47. The Morgan fingerprint density at radius 3 is 1.36 bits per heavy atom.